The number of carbonyl (C=O) groups is 2. The fourth-order valence-electron chi connectivity index (χ4n) is 3.82. The van der Waals surface area contributed by atoms with Gasteiger partial charge in [-0.2, -0.15) is 5.26 Å². The van der Waals surface area contributed by atoms with Gasteiger partial charge in [-0.05, 0) is 36.8 Å². The number of rotatable bonds is 5. The molecule has 0 saturated carbocycles. The molecule has 0 atom stereocenters. The largest absolute Gasteiger partial charge is 0.378 e. The van der Waals surface area contributed by atoms with Crippen molar-refractivity contribution in [1.29, 1.82) is 5.26 Å². The minimum atomic E-state index is -0.524. The van der Waals surface area contributed by atoms with Gasteiger partial charge in [0.2, 0.25) is 5.91 Å². The summed E-state index contributed by atoms with van der Waals surface area (Å²) < 4.78 is 7.18. The number of ether oxygens (including phenoxy) is 1. The summed E-state index contributed by atoms with van der Waals surface area (Å²) in [7, 11) is 0. The van der Waals surface area contributed by atoms with E-state index in [2.05, 4.69) is 5.32 Å². The van der Waals surface area contributed by atoms with E-state index in [1.807, 2.05) is 34.9 Å². The van der Waals surface area contributed by atoms with Crippen LogP contribution >= 0.6 is 11.6 Å². The predicted molar refractivity (Wildman–Crippen MR) is 128 cm³/mol. The molecule has 1 fully saturated rings. The summed E-state index contributed by atoms with van der Waals surface area (Å²) in [5.74, 6) is -0.520. The van der Waals surface area contributed by atoms with Crippen LogP contribution in [0.1, 0.15) is 11.1 Å². The monoisotopic (exact) mass is 462 g/mol. The van der Waals surface area contributed by atoms with Crippen LogP contribution < -0.4 is 5.32 Å². The Morgan fingerprint density at radius 2 is 1.94 bits per heavy atom. The molecule has 2 aromatic carbocycles. The van der Waals surface area contributed by atoms with Crippen molar-refractivity contribution < 1.29 is 14.3 Å². The average molecular weight is 463 g/mol. The molecule has 0 bridgehead atoms. The van der Waals surface area contributed by atoms with Crippen molar-refractivity contribution >= 4 is 46.1 Å². The number of carbonyl (C=O) groups excluding carboxylic acids is 2. The molecule has 2 heterocycles. The number of morpholine rings is 1. The lowest BCUT2D eigenvalue weighted by atomic mass is 10.1. The van der Waals surface area contributed by atoms with E-state index in [1.165, 1.54) is 0 Å². The Morgan fingerprint density at radius 1 is 1.18 bits per heavy atom. The van der Waals surface area contributed by atoms with Gasteiger partial charge in [0.15, 0.2) is 0 Å². The van der Waals surface area contributed by atoms with Crippen LogP contribution in [0.5, 0.6) is 0 Å². The highest BCUT2D eigenvalue weighted by atomic mass is 35.5. The van der Waals surface area contributed by atoms with Crippen molar-refractivity contribution in [3.05, 3.63) is 70.4 Å². The first-order chi connectivity index (χ1) is 16.0. The molecule has 168 valence electrons. The van der Waals surface area contributed by atoms with Crippen molar-refractivity contribution in [1.82, 2.24) is 9.47 Å². The second-order valence-electron chi connectivity index (χ2n) is 7.76. The van der Waals surface area contributed by atoms with Crippen LogP contribution in [-0.2, 0) is 20.9 Å². The Morgan fingerprint density at radius 3 is 2.70 bits per heavy atom. The molecule has 33 heavy (non-hydrogen) atoms. The Hall–Kier alpha value is -3.60. The summed E-state index contributed by atoms with van der Waals surface area (Å²) >= 11 is 6.13. The van der Waals surface area contributed by atoms with E-state index >= 15 is 0 Å². The molecule has 2 amide bonds. The van der Waals surface area contributed by atoms with Gasteiger partial charge in [0.1, 0.15) is 18.2 Å². The van der Waals surface area contributed by atoms with Gasteiger partial charge in [0.25, 0.3) is 5.91 Å². The maximum Gasteiger partial charge on any atom is 0.266 e. The highest BCUT2D eigenvalue weighted by Crippen LogP contribution is 2.26. The van der Waals surface area contributed by atoms with Crippen molar-refractivity contribution in [3.63, 3.8) is 0 Å². The normalized spacial score (nSPS) is 14.2. The lowest BCUT2D eigenvalue weighted by molar-refractivity contribution is -0.135. The molecule has 0 unspecified atom stereocenters. The Balaban J connectivity index is 1.62. The number of aromatic nitrogens is 1. The van der Waals surface area contributed by atoms with E-state index in [0.29, 0.717) is 42.6 Å². The van der Waals surface area contributed by atoms with Crippen LogP contribution in [0.25, 0.3) is 17.0 Å². The molecule has 7 nitrogen and oxygen atoms in total. The summed E-state index contributed by atoms with van der Waals surface area (Å²) in [5.41, 5.74) is 2.77. The zero-order valence-electron chi connectivity index (χ0n) is 18.2. The van der Waals surface area contributed by atoms with Gasteiger partial charge in [-0.15, -0.1) is 0 Å². The molecule has 0 radical (unpaired) electrons. The molecular weight excluding hydrogens is 440 g/mol. The summed E-state index contributed by atoms with van der Waals surface area (Å²) in [4.78, 5) is 27.4. The summed E-state index contributed by atoms with van der Waals surface area (Å²) in [6, 6.07) is 14.8. The van der Waals surface area contributed by atoms with Gasteiger partial charge < -0.3 is 19.5 Å². The highest BCUT2D eigenvalue weighted by Gasteiger charge is 2.19. The maximum absolute atomic E-state index is 12.8. The lowest BCUT2D eigenvalue weighted by Crippen LogP contribution is -2.42. The number of fused-ring (bicyclic) bond motifs is 1. The fraction of sp³-hybridized carbons (Fsp3) is 0.240. The second-order valence-corrected chi connectivity index (χ2v) is 8.17. The average Bonchev–Trinajstić information content (AvgIpc) is 3.18. The van der Waals surface area contributed by atoms with Crippen LogP contribution in [0.2, 0.25) is 5.02 Å². The minimum Gasteiger partial charge on any atom is -0.378 e. The minimum absolute atomic E-state index is 0.00395. The van der Waals surface area contributed by atoms with Crippen LogP contribution in [0, 0.1) is 18.3 Å². The first-order valence-electron chi connectivity index (χ1n) is 10.6. The Kier molecular flexibility index (Phi) is 6.78. The zero-order valence-corrected chi connectivity index (χ0v) is 18.9. The summed E-state index contributed by atoms with van der Waals surface area (Å²) in [5, 5.41) is 13.8. The number of hydrogen-bond donors (Lipinski definition) is 1. The number of benzene rings is 2. The summed E-state index contributed by atoms with van der Waals surface area (Å²) in [6.45, 7) is 4.20. The quantitative estimate of drug-likeness (QED) is 0.458. The molecule has 0 aliphatic carbocycles. The third-order valence-electron chi connectivity index (χ3n) is 5.67. The van der Waals surface area contributed by atoms with Gasteiger partial charge in [-0.1, -0.05) is 35.9 Å². The molecule has 3 aromatic rings. The molecule has 0 spiro atoms. The molecule has 1 aromatic heterocycles. The summed E-state index contributed by atoms with van der Waals surface area (Å²) in [6.07, 6.45) is 3.35. The van der Waals surface area contributed by atoms with Gasteiger partial charge in [0.05, 0.1) is 13.2 Å². The number of nitrogens with one attached hydrogen (secondary N) is 1. The van der Waals surface area contributed by atoms with Crippen LogP contribution in [0.4, 0.5) is 5.69 Å². The first-order valence-corrected chi connectivity index (χ1v) is 11.0. The van der Waals surface area contributed by atoms with E-state index in [0.717, 1.165) is 16.5 Å². The number of anilines is 1. The zero-order chi connectivity index (χ0) is 23.4. The highest BCUT2D eigenvalue weighted by molar-refractivity contribution is 6.31. The van der Waals surface area contributed by atoms with Crippen molar-refractivity contribution in [2.75, 3.05) is 31.6 Å². The SMILES string of the molecule is Cc1c(Cl)cccc1NC(=O)/C(C#N)=C\c1cn(CC(=O)N2CCOCC2)c2ccccc12. The topological polar surface area (TPSA) is 87.4 Å². The standard InChI is InChI=1S/C25H23ClN4O3/c1-17-21(26)6-4-7-22(17)28-25(32)18(14-27)13-19-15-30(23-8-3-2-5-20(19)23)16-24(31)29-9-11-33-12-10-29/h2-8,13,15H,9-12,16H2,1H3,(H,28,32)/b18-13-. The molecular formula is C25H23ClN4O3. The molecule has 1 aliphatic rings. The number of hydrogen-bond acceptors (Lipinski definition) is 4. The predicted octanol–water partition coefficient (Wildman–Crippen LogP) is 4.01. The van der Waals surface area contributed by atoms with E-state index in [1.54, 1.807) is 42.3 Å². The van der Waals surface area contributed by atoms with E-state index in [4.69, 9.17) is 16.3 Å². The van der Waals surface area contributed by atoms with Crippen LogP contribution in [0.3, 0.4) is 0 Å². The van der Waals surface area contributed by atoms with Gasteiger partial charge >= 0.3 is 0 Å². The molecule has 1 aliphatic heterocycles. The number of para-hydroxylation sites is 1. The number of nitrogens with zero attached hydrogens (tertiary/aromatic N) is 3. The Bertz CT molecular complexity index is 1280. The lowest BCUT2D eigenvalue weighted by Gasteiger charge is -2.27. The molecule has 1 N–H and O–H groups in total. The maximum atomic E-state index is 12.8. The van der Waals surface area contributed by atoms with Crippen molar-refractivity contribution in [2.45, 2.75) is 13.5 Å². The molecule has 4 rings (SSSR count). The first kappa shape index (κ1) is 22.6. The molecule has 1 saturated heterocycles. The smallest absolute Gasteiger partial charge is 0.266 e. The Labute approximate surface area is 196 Å². The second kappa shape index (κ2) is 9.90. The van der Waals surface area contributed by atoms with Crippen LogP contribution in [-0.4, -0.2) is 47.6 Å². The number of halogens is 1. The molecule has 8 heteroatoms. The van der Waals surface area contributed by atoms with Crippen molar-refractivity contribution in [3.8, 4) is 6.07 Å². The van der Waals surface area contributed by atoms with Crippen molar-refractivity contribution in [2.24, 2.45) is 0 Å². The third-order valence-corrected chi connectivity index (χ3v) is 6.08. The van der Waals surface area contributed by atoms with Gasteiger partial charge in [0, 0.05) is 46.5 Å². The van der Waals surface area contributed by atoms with Gasteiger partial charge in [-0.25, -0.2) is 0 Å². The van der Waals surface area contributed by atoms with E-state index < -0.39 is 5.91 Å². The van der Waals surface area contributed by atoms with E-state index in [9.17, 15) is 14.9 Å². The number of nitriles is 1. The number of amides is 2. The van der Waals surface area contributed by atoms with Gasteiger partial charge in [-0.3, -0.25) is 9.59 Å². The fourth-order valence-corrected chi connectivity index (χ4v) is 3.99. The third kappa shape index (κ3) is 4.92. The van der Waals surface area contributed by atoms with E-state index in [-0.39, 0.29) is 18.0 Å². The van der Waals surface area contributed by atoms with Crippen LogP contribution in [0.15, 0.2) is 54.2 Å².